The molecule has 1 aromatic heterocycles. The summed E-state index contributed by atoms with van der Waals surface area (Å²) in [5, 5.41) is 0.919. The highest BCUT2D eigenvalue weighted by Gasteiger charge is 1.95. The van der Waals surface area contributed by atoms with E-state index in [0.29, 0.717) is 16.3 Å². The first kappa shape index (κ1) is 13.8. The van der Waals surface area contributed by atoms with E-state index < -0.39 is 0 Å². The van der Waals surface area contributed by atoms with E-state index in [2.05, 4.69) is 22.5 Å². The Hall–Kier alpha value is -2.58. The van der Waals surface area contributed by atoms with Crippen LogP contribution in [0.2, 0.25) is 0 Å². The monoisotopic (exact) mass is 284 g/mol. The van der Waals surface area contributed by atoms with Crippen LogP contribution >= 0.6 is 12.2 Å². The normalized spacial score (nSPS) is 11.1. The molecule has 0 saturated carbocycles. The first-order valence-electron chi connectivity index (χ1n) is 5.80. The molecule has 0 spiro atoms. The number of rotatable bonds is 3. The van der Waals surface area contributed by atoms with E-state index in [4.69, 9.17) is 23.4 Å². The Morgan fingerprint density at radius 2 is 2.05 bits per heavy atom. The third kappa shape index (κ3) is 3.25. The van der Waals surface area contributed by atoms with E-state index in [1.54, 1.807) is 18.2 Å². The van der Waals surface area contributed by atoms with E-state index in [1.807, 2.05) is 12.1 Å². The highest BCUT2D eigenvalue weighted by Crippen LogP contribution is 2.11. The second-order valence-corrected chi connectivity index (χ2v) is 4.41. The van der Waals surface area contributed by atoms with Gasteiger partial charge in [-0.15, -0.1) is 6.42 Å². The molecule has 2 rings (SSSR count). The van der Waals surface area contributed by atoms with Crippen molar-refractivity contribution in [3.8, 4) is 18.1 Å². The molecule has 4 nitrogen and oxygen atoms in total. The number of hydrogen-bond donors (Lipinski definition) is 2. The van der Waals surface area contributed by atoms with Crippen molar-refractivity contribution in [1.82, 2.24) is 9.97 Å². The lowest BCUT2D eigenvalue weighted by Crippen LogP contribution is -2.42. The molecule has 5 heteroatoms. The minimum atomic E-state index is -0.272. The number of benzene rings is 1. The van der Waals surface area contributed by atoms with Crippen molar-refractivity contribution >= 4 is 24.9 Å². The summed E-state index contributed by atoms with van der Waals surface area (Å²) < 4.78 is 5.53. The third-order valence-electron chi connectivity index (χ3n) is 2.57. The van der Waals surface area contributed by atoms with Crippen LogP contribution in [0.25, 0.3) is 12.7 Å². The molecule has 20 heavy (non-hydrogen) atoms. The molecule has 1 heterocycles. The van der Waals surface area contributed by atoms with Crippen LogP contribution in [0.5, 0.6) is 5.75 Å². The number of ether oxygens (including phenoxy) is 1. The van der Waals surface area contributed by atoms with Crippen molar-refractivity contribution in [2.24, 2.45) is 0 Å². The molecule has 0 amide bonds. The largest absolute Gasteiger partial charge is 0.481 e. The van der Waals surface area contributed by atoms with Crippen molar-refractivity contribution in [2.45, 2.75) is 0 Å². The maximum Gasteiger partial charge on any atom is 0.259 e. The van der Waals surface area contributed by atoms with Gasteiger partial charge in [-0.2, -0.15) is 0 Å². The van der Waals surface area contributed by atoms with Gasteiger partial charge in [0.15, 0.2) is 4.77 Å². The second-order valence-electron chi connectivity index (χ2n) is 4.01. The standard InChI is InChI=1S/C15H12N2O2S/c1-3-8-19-12-6-4-11(5-7-12)9-13-10(2)16-15(20)17-14(13)18/h1,4-7,9H,2,8H2,(H2,16,17,18,20). The summed E-state index contributed by atoms with van der Waals surface area (Å²) in [6.45, 7) is 4.00. The number of H-pyrrole nitrogens is 2. The first-order valence-corrected chi connectivity index (χ1v) is 6.20. The van der Waals surface area contributed by atoms with Crippen LogP contribution in [0, 0.1) is 17.1 Å². The smallest absolute Gasteiger partial charge is 0.259 e. The van der Waals surface area contributed by atoms with Gasteiger partial charge in [-0.05, 0) is 36.0 Å². The minimum absolute atomic E-state index is 0.223. The Labute approximate surface area is 120 Å². The number of terminal acetylenes is 1. The summed E-state index contributed by atoms with van der Waals surface area (Å²) in [6, 6.07) is 7.22. The van der Waals surface area contributed by atoms with Crippen molar-refractivity contribution < 1.29 is 4.74 Å². The van der Waals surface area contributed by atoms with E-state index in [1.165, 1.54) is 0 Å². The fourth-order valence-corrected chi connectivity index (χ4v) is 1.86. The van der Waals surface area contributed by atoms with Gasteiger partial charge >= 0.3 is 0 Å². The van der Waals surface area contributed by atoms with E-state index in [9.17, 15) is 4.79 Å². The summed E-state index contributed by atoms with van der Waals surface area (Å²) in [4.78, 5) is 17.1. The molecule has 0 radical (unpaired) electrons. The molecule has 1 aromatic carbocycles. The van der Waals surface area contributed by atoms with Crippen LogP contribution in [0.3, 0.4) is 0 Å². The van der Waals surface area contributed by atoms with Gasteiger partial charge in [0.1, 0.15) is 12.4 Å². The van der Waals surface area contributed by atoms with Crippen LogP contribution in [-0.4, -0.2) is 16.6 Å². The summed E-state index contributed by atoms with van der Waals surface area (Å²) in [7, 11) is 0. The van der Waals surface area contributed by atoms with Crippen molar-refractivity contribution in [3.05, 3.63) is 55.5 Å². The van der Waals surface area contributed by atoms with E-state index in [-0.39, 0.29) is 16.9 Å². The predicted molar refractivity (Wildman–Crippen MR) is 81.4 cm³/mol. The lowest BCUT2D eigenvalue weighted by Gasteiger charge is -2.01. The zero-order chi connectivity index (χ0) is 14.5. The average molecular weight is 284 g/mol. The molecule has 0 saturated heterocycles. The Kier molecular flexibility index (Phi) is 4.18. The quantitative estimate of drug-likeness (QED) is 0.644. The van der Waals surface area contributed by atoms with Crippen molar-refractivity contribution in [1.29, 1.82) is 0 Å². The minimum Gasteiger partial charge on any atom is -0.481 e. The molecular formula is C15H12N2O2S. The third-order valence-corrected chi connectivity index (χ3v) is 2.78. The lowest BCUT2D eigenvalue weighted by atomic mass is 10.2. The molecule has 2 N–H and O–H groups in total. The van der Waals surface area contributed by atoms with Gasteiger partial charge in [0, 0.05) is 5.35 Å². The molecule has 100 valence electrons. The van der Waals surface area contributed by atoms with Crippen molar-refractivity contribution in [3.63, 3.8) is 0 Å². The molecule has 0 aliphatic heterocycles. The zero-order valence-corrected chi connectivity index (χ0v) is 11.4. The summed E-state index contributed by atoms with van der Waals surface area (Å²) >= 11 is 4.87. The Morgan fingerprint density at radius 3 is 2.65 bits per heavy atom. The summed E-state index contributed by atoms with van der Waals surface area (Å²) in [5.41, 5.74) is 0.574. The average Bonchev–Trinajstić information content (AvgIpc) is 2.42. The first-order chi connectivity index (χ1) is 9.60. The summed E-state index contributed by atoms with van der Waals surface area (Å²) in [5.74, 6) is 3.07. The molecular weight excluding hydrogens is 272 g/mol. The Bertz CT molecular complexity index is 833. The number of aromatic nitrogens is 2. The van der Waals surface area contributed by atoms with Crippen molar-refractivity contribution in [2.75, 3.05) is 6.61 Å². The van der Waals surface area contributed by atoms with E-state index in [0.717, 1.165) is 5.56 Å². The van der Waals surface area contributed by atoms with Crippen LogP contribution in [0.1, 0.15) is 5.56 Å². The molecule has 0 atom stereocenters. The molecule has 0 aliphatic carbocycles. The van der Waals surface area contributed by atoms with Gasteiger partial charge in [0.05, 0.1) is 5.22 Å². The Balaban J connectivity index is 2.42. The predicted octanol–water partition coefficient (Wildman–Crippen LogP) is 0.684. The fraction of sp³-hybridized carbons (Fsp3) is 0.0667. The van der Waals surface area contributed by atoms with Crippen LogP contribution in [-0.2, 0) is 0 Å². The van der Waals surface area contributed by atoms with Gasteiger partial charge < -0.3 is 9.72 Å². The van der Waals surface area contributed by atoms with Gasteiger partial charge in [-0.3, -0.25) is 9.78 Å². The Morgan fingerprint density at radius 1 is 1.35 bits per heavy atom. The van der Waals surface area contributed by atoms with Crippen LogP contribution in [0.4, 0.5) is 0 Å². The zero-order valence-electron chi connectivity index (χ0n) is 10.6. The molecule has 0 unspecified atom stereocenters. The molecule has 0 aliphatic rings. The fourth-order valence-electron chi connectivity index (χ4n) is 1.65. The highest BCUT2D eigenvalue weighted by atomic mass is 32.1. The van der Waals surface area contributed by atoms with Crippen LogP contribution in [0.15, 0.2) is 29.1 Å². The van der Waals surface area contributed by atoms with E-state index >= 15 is 0 Å². The summed E-state index contributed by atoms with van der Waals surface area (Å²) in [6.07, 6.45) is 6.84. The highest BCUT2D eigenvalue weighted by molar-refractivity contribution is 7.71. The number of aromatic amines is 2. The molecule has 0 fully saturated rings. The lowest BCUT2D eigenvalue weighted by molar-refractivity contribution is 0.370. The maximum atomic E-state index is 11.8. The van der Waals surface area contributed by atoms with Gasteiger partial charge in [0.25, 0.3) is 5.56 Å². The SMILES string of the molecule is C#CCOc1ccc(C=c2c(=C)[nH]c(=S)[nH]c2=O)cc1. The molecule has 0 bridgehead atoms. The topological polar surface area (TPSA) is 57.9 Å². The maximum absolute atomic E-state index is 11.8. The second kappa shape index (κ2) is 6.04. The number of nitrogens with one attached hydrogen (secondary N) is 2. The number of hydrogen-bond acceptors (Lipinski definition) is 3. The van der Waals surface area contributed by atoms with Gasteiger partial charge in [-0.25, -0.2) is 0 Å². The van der Waals surface area contributed by atoms with Crippen LogP contribution < -0.4 is 20.9 Å². The molecule has 2 aromatic rings. The van der Waals surface area contributed by atoms with Gasteiger partial charge in [-0.1, -0.05) is 24.6 Å². The van der Waals surface area contributed by atoms with Gasteiger partial charge in [0.2, 0.25) is 0 Å².